The Morgan fingerprint density at radius 3 is 2.43 bits per heavy atom. The molecule has 1 aromatic rings. The summed E-state index contributed by atoms with van der Waals surface area (Å²) in [4.78, 5) is 0. The van der Waals surface area contributed by atoms with Crippen molar-refractivity contribution in [2.45, 2.75) is 40.0 Å². The molecule has 0 radical (unpaired) electrons. The van der Waals surface area contributed by atoms with Crippen LogP contribution < -0.4 is 0 Å². The van der Waals surface area contributed by atoms with Crippen LogP contribution in [0.1, 0.15) is 42.9 Å². The van der Waals surface area contributed by atoms with Gasteiger partial charge in [0.15, 0.2) is 0 Å². The molecule has 1 aromatic carbocycles. The van der Waals surface area contributed by atoms with E-state index in [0.29, 0.717) is 5.92 Å². The highest BCUT2D eigenvalue weighted by molar-refractivity contribution is 5.32. The molecule has 1 rings (SSSR count). The molecule has 1 unspecified atom stereocenters. The summed E-state index contributed by atoms with van der Waals surface area (Å²) in [6, 6.07) is 6.73. The highest BCUT2D eigenvalue weighted by Gasteiger charge is 2.06. The van der Waals surface area contributed by atoms with Crippen molar-refractivity contribution in [2.75, 3.05) is 0 Å². The number of hydrogen-bond acceptors (Lipinski definition) is 0. The zero-order valence-corrected chi connectivity index (χ0v) is 9.72. The molecule has 0 N–H and O–H groups in total. The fourth-order valence-electron chi connectivity index (χ4n) is 1.71. The van der Waals surface area contributed by atoms with E-state index in [4.69, 9.17) is 0 Å². The van der Waals surface area contributed by atoms with E-state index in [1.165, 1.54) is 22.3 Å². The molecular weight excluding hydrogens is 168 g/mol. The maximum atomic E-state index is 3.96. The summed E-state index contributed by atoms with van der Waals surface area (Å²) in [6.45, 7) is 12.6. The maximum Gasteiger partial charge on any atom is -0.0153 e. The van der Waals surface area contributed by atoms with Crippen LogP contribution in [-0.2, 0) is 0 Å². The van der Waals surface area contributed by atoms with E-state index >= 15 is 0 Å². The summed E-state index contributed by atoms with van der Waals surface area (Å²) < 4.78 is 0. The average Bonchev–Trinajstić information content (AvgIpc) is 2.08. The van der Waals surface area contributed by atoms with Gasteiger partial charge in [-0.05, 0) is 49.8 Å². The molecular formula is C14H20. The second-order valence-electron chi connectivity index (χ2n) is 4.41. The Bertz CT molecular complexity index is 334. The summed E-state index contributed by atoms with van der Waals surface area (Å²) in [5.74, 6) is 0.590. The standard InChI is InChI=1S/C14H20/c1-10(2)8-13(5)14-7-6-11(3)12(4)9-14/h6-7,9,13H,1,8H2,2-5H3. The van der Waals surface area contributed by atoms with Crippen LogP contribution in [0.15, 0.2) is 30.4 Å². The minimum atomic E-state index is 0.590. The van der Waals surface area contributed by atoms with Crippen LogP contribution in [0, 0.1) is 13.8 Å². The van der Waals surface area contributed by atoms with Crippen molar-refractivity contribution in [1.29, 1.82) is 0 Å². The first-order chi connectivity index (χ1) is 6.50. The highest BCUT2D eigenvalue weighted by Crippen LogP contribution is 2.23. The Kier molecular flexibility index (Phi) is 3.51. The van der Waals surface area contributed by atoms with Gasteiger partial charge in [-0.15, -0.1) is 6.58 Å². The molecule has 0 spiro atoms. The van der Waals surface area contributed by atoms with Gasteiger partial charge in [-0.3, -0.25) is 0 Å². The molecule has 0 aliphatic carbocycles. The molecule has 76 valence electrons. The summed E-state index contributed by atoms with van der Waals surface area (Å²) in [5, 5.41) is 0. The third kappa shape index (κ3) is 2.73. The Morgan fingerprint density at radius 1 is 1.29 bits per heavy atom. The predicted molar refractivity (Wildman–Crippen MR) is 63.8 cm³/mol. The third-order valence-electron chi connectivity index (χ3n) is 2.75. The normalized spacial score (nSPS) is 12.6. The van der Waals surface area contributed by atoms with Gasteiger partial charge < -0.3 is 0 Å². The summed E-state index contributed by atoms with van der Waals surface area (Å²) in [7, 11) is 0. The van der Waals surface area contributed by atoms with Crippen LogP contribution in [0.25, 0.3) is 0 Å². The van der Waals surface area contributed by atoms with Crippen molar-refractivity contribution in [2.24, 2.45) is 0 Å². The van der Waals surface area contributed by atoms with Gasteiger partial charge in [0.25, 0.3) is 0 Å². The Balaban J connectivity index is 2.85. The minimum absolute atomic E-state index is 0.590. The van der Waals surface area contributed by atoms with Gasteiger partial charge >= 0.3 is 0 Å². The van der Waals surface area contributed by atoms with Crippen LogP contribution in [0.4, 0.5) is 0 Å². The van der Waals surface area contributed by atoms with E-state index < -0.39 is 0 Å². The van der Waals surface area contributed by atoms with E-state index in [9.17, 15) is 0 Å². The van der Waals surface area contributed by atoms with Gasteiger partial charge in [-0.25, -0.2) is 0 Å². The number of allylic oxidation sites excluding steroid dienone is 1. The van der Waals surface area contributed by atoms with Crippen LogP contribution in [0.5, 0.6) is 0 Å². The lowest BCUT2D eigenvalue weighted by atomic mass is 9.92. The number of rotatable bonds is 3. The molecule has 0 heteroatoms. The summed E-state index contributed by atoms with van der Waals surface area (Å²) >= 11 is 0. The van der Waals surface area contributed by atoms with Gasteiger partial charge in [-0.1, -0.05) is 30.7 Å². The zero-order valence-electron chi connectivity index (χ0n) is 9.72. The summed E-state index contributed by atoms with van der Waals surface area (Å²) in [5.41, 5.74) is 5.44. The van der Waals surface area contributed by atoms with Crippen LogP contribution in [0.2, 0.25) is 0 Å². The van der Waals surface area contributed by atoms with Crippen molar-refractivity contribution in [1.82, 2.24) is 0 Å². The van der Waals surface area contributed by atoms with Gasteiger partial charge in [0, 0.05) is 0 Å². The van der Waals surface area contributed by atoms with E-state index in [0.717, 1.165) is 6.42 Å². The highest BCUT2D eigenvalue weighted by atomic mass is 14.1. The van der Waals surface area contributed by atoms with E-state index in [1.54, 1.807) is 0 Å². The molecule has 0 fully saturated rings. The monoisotopic (exact) mass is 188 g/mol. The van der Waals surface area contributed by atoms with Crippen LogP contribution in [-0.4, -0.2) is 0 Å². The smallest absolute Gasteiger partial charge is 0.0153 e. The zero-order chi connectivity index (χ0) is 10.7. The summed E-state index contributed by atoms with van der Waals surface area (Å²) in [6.07, 6.45) is 1.09. The topological polar surface area (TPSA) is 0 Å². The number of hydrogen-bond donors (Lipinski definition) is 0. The SMILES string of the molecule is C=C(C)CC(C)c1ccc(C)c(C)c1. The van der Waals surface area contributed by atoms with Crippen molar-refractivity contribution >= 4 is 0 Å². The molecule has 0 aliphatic rings. The van der Waals surface area contributed by atoms with Gasteiger partial charge in [-0.2, -0.15) is 0 Å². The molecule has 0 amide bonds. The Hall–Kier alpha value is -1.04. The third-order valence-corrected chi connectivity index (χ3v) is 2.75. The first-order valence-corrected chi connectivity index (χ1v) is 5.22. The predicted octanol–water partition coefficient (Wildman–Crippen LogP) is 4.37. The fourth-order valence-corrected chi connectivity index (χ4v) is 1.71. The molecule has 0 saturated heterocycles. The maximum absolute atomic E-state index is 3.96. The van der Waals surface area contributed by atoms with Crippen molar-refractivity contribution < 1.29 is 0 Å². The fraction of sp³-hybridized carbons (Fsp3) is 0.429. The van der Waals surface area contributed by atoms with Crippen LogP contribution >= 0.6 is 0 Å². The molecule has 0 aromatic heterocycles. The molecule has 0 saturated carbocycles. The van der Waals surface area contributed by atoms with E-state index in [-0.39, 0.29) is 0 Å². The first kappa shape index (κ1) is 11.0. The Morgan fingerprint density at radius 2 is 1.93 bits per heavy atom. The molecule has 14 heavy (non-hydrogen) atoms. The van der Waals surface area contributed by atoms with Crippen molar-refractivity contribution in [3.05, 3.63) is 47.0 Å². The quantitative estimate of drug-likeness (QED) is 0.618. The van der Waals surface area contributed by atoms with Crippen LogP contribution in [0.3, 0.4) is 0 Å². The van der Waals surface area contributed by atoms with Gasteiger partial charge in [0.2, 0.25) is 0 Å². The molecule has 1 atom stereocenters. The van der Waals surface area contributed by atoms with Crippen molar-refractivity contribution in [3.63, 3.8) is 0 Å². The molecule has 0 heterocycles. The minimum Gasteiger partial charge on any atom is -0.100 e. The van der Waals surface area contributed by atoms with E-state index in [2.05, 4.69) is 52.5 Å². The average molecular weight is 188 g/mol. The Labute approximate surface area is 87.7 Å². The van der Waals surface area contributed by atoms with Crippen molar-refractivity contribution in [3.8, 4) is 0 Å². The lowest BCUT2D eigenvalue weighted by Crippen LogP contribution is -1.95. The molecule has 0 nitrogen and oxygen atoms in total. The van der Waals surface area contributed by atoms with Gasteiger partial charge in [0.1, 0.15) is 0 Å². The largest absolute Gasteiger partial charge is 0.100 e. The molecule has 0 aliphatic heterocycles. The lowest BCUT2D eigenvalue weighted by molar-refractivity contribution is 0.752. The van der Waals surface area contributed by atoms with Gasteiger partial charge in [0.05, 0.1) is 0 Å². The number of benzene rings is 1. The number of aryl methyl sites for hydroxylation is 2. The lowest BCUT2D eigenvalue weighted by Gasteiger charge is -2.13. The first-order valence-electron chi connectivity index (χ1n) is 5.22. The molecule has 0 bridgehead atoms. The second-order valence-corrected chi connectivity index (χ2v) is 4.41. The van der Waals surface area contributed by atoms with E-state index in [1.807, 2.05) is 0 Å². The second kappa shape index (κ2) is 4.45.